The zero-order valence-corrected chi connectivity index (χ0v) is 13.1. The van der Waals surface area contributed by atoms with E-state index in [-0.39, 0.29) is 4.83 Å². The molecule has 0 bridgehead atoms. The zero-order valence-electron chi connectivity index (χ0n) is 9.99. The molecule has 3 aromatic rings. The number of nitrogens with one attached hydrogen (secondary N) is 1. The SMILES string of the molecule is O=c1[nH]c2ccc(C(Br)c3c(Cl)cccc3Cl)cc2o1. The maximum Gasteiger partial charge on any atom is 0.417 e. The van der Waals surface area contributed by atoms with Crippen LogP contribution in [0.25, 0.3) is 11.1 Å². The van der Waals surface area contributed by atoms with Gasteiger partial charge in [-0.25, -0.2) is 4.79 Å². The molecule has 1 aromatic heterocycles. The summed E-state index contributed by atoms with van der Waals surface area (Å²) in [5.41, 5.74) is 2.84. The Morgan fingerprint density at radius 2 is 1.85 bits per heavy atom. The molecule has 1 N–H and O–H groups in total. The van der Waals surface area contributed by atoms with E-state index >= 15 is 0 Å². The second-order valence-electron chi connectivity index (χ2n) is 4.27. The van der Waals surface area contributed by atoms with Crippen molar-refractivity contribution in [3.8, 4) is 0 Å². The van der Waals surface area contributed by atoms with Crippen molar-refractivity contribution in [3.63, 3.8) is 0 Å². The predicted octanol–water partition coefficient (Wildman–Crippen LogP) is 4.91. The summed E-state index contributed by atoms with van der Waals surface area (Å²) in [5.74, 6) is -0.473. The average molecular weight is 373 g/mol. The summed E-state index contributed by atoms with van der Waals surface area (Å²) in [6.45, 7) is 0. The number of aromatic nitrogens is 1. The highest BCUT2D eigenvalue weighted by Gasteiger charge is 2.18. The van der Waals surface area contributed by atoms with Gasteiger partial charge in [0.15, 0.2) is 5.58 Å². The third-order valence-corrected chi connectivity index (χ3v) is 4.64. The highest BCUT2D eigenvalue weighted by molar-refractivity contribution is 9.09. The fourth-order valence-electron chi connectivity index (χ4n) is 2.04. The highest BCUT2D eigenvalue weighted by atomic mass is 79.9. The zero-order chi connectivity index (χ0) is 14.3. The van der Waals surface area contributed by atoms with Gasteiger partial charge in [-0.05, 0) is 29.8 Å². The van der Waals surface area contributed by atoms with Gasteiger partial charge in [-0.2, -0.15) is 0 Å². The fraction of sp³-hybridized carbons (Fsp3) is 0.0714. The molecule has 3 nitrogen and oxygen atoms in total. The molecule has 2 aromatic carbocycles. The van der Waals surface area contributed by atoms with Gasteiger partial charge >= 0.3 is 5.76 Å². The van der Waals surface area contributed by atoms with E-state index < -0.39 is 5.76 Å². The van der Waals surface area contributed by atoms with E-state index in [9.17, 15) is 4.79 Å². The van der Waals surface area contributed by atoms with Crippen molar-refractivity contribution in [2.24, 2.45) is 0 Å². The van der Waals surface area contributed by atoms with Crippen molar-refractivity contribution in [1.29, 1.82) is 0 Å². The lowest BCUT2D eigenvalue weighted by atomic mass is 10.0. The van der Waals surface area contributed by atoms with Crippen LogP contribution in [0.1, 0.15) is 16.0 Å². The number of hydrogen-bond acceptors (Lipinski definition) is 2. The van der Waals surface area contributed by atoms with E-state index in [0.29, 0.717) is 21.1 Å². The Kier molecular flexibility index (Phi) is 3.63. The lowest BCUT2D eigenvalue weighted by Crippen LogP contribution is -1.95. The van der Waals surface area contributed by atoms with Crippen LogP contribution in [0.15, 0.2) is 45.6 Å². The summed E-state index contributed by atoms with van der Waals surface area (Å²) in [6, 6.07) is 10.8. The van der Waals surface area contributed by atoms with Crippen molar-refractivity contribution in [2.45, 2.75) is 4.83 Å². The Morgan fingerprint density at radius 1 is 1.15 bits per heavy atom. The number of fused-ring (bicyclic) bond motifs is 1. The predicted molar refractivity (Wildman–Crippen MR) is 84.1 cm³/mol. The molecule has 0 saturated carbocycles. The van der Waals surface area contributed by atoms with Gasteiger partial charge in [0.05, 0.1) is 10.3 Å². The fourth-order valence-corrected chi connectivity index (χ4v) is 3.70. The second kappa shape index (κ2) is 5.28. The quantitative estimate of drug-likeness (QED) is 0.649. The second-order valence-corrected chi connectivity index (χ2v) is 6.00. The minimum Gasteiger partial charge on any atom is -0.408 e. The Hall–Kier alpha value is -1.23. The molecule has 0 saturated heterocycles. The monoisotopic (exact) mass is 371 g/mol. The topological polar surface area (TPSA) is 46.0 Å². The van der Waals surface area contributed by atoms with Crippen molar-refractivity contribution in [2.75, 3.05) is 0 Å². The first kappa shape index (κ1) is 13.7. The lowest BCUT2D eigenvalue weighted by Gasteiger charge is -2.14. The number of alkyl halides is 1. The van der Waals surface area contributed by atoms with Crippen LogP contribution < -0.4 is 5.76 Å². The van der Waals surface area contributed by atoms with E-state index in [1.165, 1.54) is 0 Å². The number of aromatic amines is 1. The molecular weight excluding hydrogens is 365 g/mol. The third-order valence-electron chi connectivity index (χ3n) is 2.99. The van der Waals surface area contributed by atoms with Crippen molar-refractivity contribution in [1.82, 2.24) is 4.98 Å². The molecule has 1 atom stereocenters. The van der Waals surface area contributed by atoms with E-state index in [2.05, 4.69) is 20.9 Å². The van der Waals surface area contributed by atoms with Gasteiger partial charge in [0.2, 0.25) is 0 Å². The summed E-state index contributed by atoms with van der Waals surface area (Å²) in [7, 11) is 0. The standard InChI is InChI=1S/C14H8BrCl2NO2/c15-13(12-8(16)2-1-3-9(12)17)7-4-5-10-11(6-7)20-14(19)18-10/h1-6,13H,(H,18,19). The number of halogens is 3. The normalized spacial score (nSPS) is 12.8. The first-order valence-electron chi connectivity index (χ1n) is 5.77. The van der Waals surface area contributed by atoms with Gasteiger partial charge in [0.25, 0.3) is 0 Å². The van der Waals surface area contributed by atoms with E-state index in [1.54, 1.807) is 30.3 Å². The van der Waals surface area contributed by atoms with Crippen LogP contribution in [0.2, 0.25) is 10.0 Å². The molecular formula is C14H8BrCl2NO2. The molecule has 0 radical (unpaired) electrons. The summed E-state index contributed by atoms with van der Waals surface area (Å²) >= 11 is 16.0. The molecule has 1 heterocycles. The number of benzene rings is 2. The van der Waals surface area contributed by atoms with Crippen LogP contribution in [-0.4, -0.2) is 4.98 Å². The molecule has 0 aliphatic carbocycles. The Balaban J connectivity index is 2.12. The van der Waals surface area contributed by atoms with Crippen molar-refractivity contribution < 1.29 is 4.42 Å². The van der Waals surface area contributed by atoms with Crippen LogP contribution in [-0.2, 0) is 0 Å². The third kappa shape index (κ3) is 2.39. The molecule has 0 aliphatic heterocycles. The van der Waals surface area contributed by atoms with Gasteiger partial charge in [0.1, 0.15) is 0 Å². The van der Waals surface area contributed by atoms with E-state index in [4.69, 9.17) is 27.6 Å². The minimum atomic E-state index is -0.473. The first-order chi connectivity index (χ1) is 9.56. The number of rotatable bonds is 2. The maximum absolute atomic E-state index is 11.2. The molecule has 20 heavy (non-hydrogen) atoms. The molecule has 1 unspecified atom stereocenters. The summed E-state index contributed by atoms with van der Waals surface area (Å²) in [5, 5.41) is 1.16. The molecule has 0 fully saturated rings. The first-order valence-corrected chi connectivity index (χ1v) is 7.44. The van der Waals surface area contributed by atoms with Crippen LogP contribution >= 0.6 is 39.1 Å². The Morgan fingerprint density at radius 3 is 2.55 bits per heavy atom. The van der Waals surface area contributed by atoms with Crippen molar-refractivity contribution in [3.05, 3.63) is 68.1 Å². The summed E-state index contributed by atoms with van der Waals surface area (Å²) in [4.78, 5) is 13.6. The maximum atomic E-state index is 11.2. The lowest BCUT2D eigenvalue weighted by molar-refractivity contribution is 0.555. The van der Waals surface area contributed by atoms with Crippen LogP contribution in [0, 0.1) is 0 Å². The van der Waals surface area contributed by atoms with E-state index in [0.717, 1.165) is 11.1 Å². The number of H-pyrrole nitrogens is 1. The largest absolute Gasteiger partial charge is 0.417 e. The van der Waals surface area contributed by atoms with Crippen LogP contribution in [0.4, 0.5) is 0 Å². The highest BCUT2D eigenvalue weighted by Crippen LogP contribution is 2.40. The van der Waals surface area contributed by atoms with Gasteiger partial charge in [-0.15, -0.1) is 0 Å². The molecule has 0 spiro atoms. The summed E-state index contributed by atoms with van der Waals surface area (Å²) in [6.07, 6.45) is 0. The Labute approximate surface area is 132 Å². The van der Waals surface area contributed by atoms with E-state index in [1.807, 2.05) is 6.07 Å². The molecule has 102 valence electrons. The molecule has 6 heteroatoms. The van der Waals surface area contributed by atoms with Gasteiger partial charge in [-0.3, -0.25) is 4.98 Å². The van der Waals surface area contributed by atoms with Gasteiger partial charge in [0, 0.05) is 15.6 Å². The smallest absolute Gasteiger partial charge is 0.408 e. The van der Waals surface area contributed by atoms with Crippen molar-refractivity contribution >= 4 is 50.2 Å². The molecule has 0 amide bonds. The summed E-state index contributed by atoms with van der Waals surface area (Å²) < 4.78 is 5.06. The number of oxazole rings is 1. The molecule has 3 rings (SSSR count). The molecule has 0 aliphatic rings. The van der Waals surface area contributed by atoms with Gasteiger partial charge < -0.3 is 4.42 Å². The van der Waals surface area contributed by atoms with Crippen LogP contribution in [0.5, 0.6) is 0 Å². The minimum absolute atomic E-state index is 0.187. The average Bonchev–Trinajstić information content (AvgIpc) is 2.77. The number of hydrogen-bond donors (Lipinski definition) is 1. The van der Waals surface area contributed by atoms with Gasteiger partial charge in [-0.1, -0.05) is 51.3 Å². The Bertz CT molecular complexity index is 820. The van der Waals surface area contributed by atoms with Crippen LogP contribution in [0.3, 0.4) is 0 Å².